The van der Waals surface area contributed by atoms with Gasteiger partial charge in [0.25, 0.3) is 0 Å². The van der Waals surface area contributed by atoms with Crippen molar-refractivity contribution in [3.8, 4) is 0 Å². The Balaban J connectivity index is 1.22. The predicted octanol–water partition coefficient (Wildman–Crippen LogP) is 3.55. The normalized spacial score (nSPS) is 18.8. The standard InChI is InChI=1S/C24H33N3O/c28-24(18-27-13-12-20-7-1-2-8-21(20)17-27)16-26-23-11-5-6-19(14-23)15-25-22-9-3-4-10-22/h1-2,5-8,11,14,22,24-26,28H,3-4,9-10,12-13,15-18H2. The van der Waals surface area contributed by atoms with Crippen molar-refractivity contribution in [2.24, 2.45) is 0 Å². The van der Waals surface area contributed by atoms with Gasteiger partial charge < -0.3 is 15.7 Å². The van der Waals surface area contributed by atoms with Crippen LogP contribution in [0.25, 0.3) is 0 Å². The fourth-order valence-electron chi connectivity index (χ4n) is 4.49. The van der Waals surface area contributed by atoms with Gasteiger partial charge in [0.05, 0.1) is 6.10 Å². The molecule has 1 heterocycles. The zero-order valence-corrected chi connectivity index (χ0v) is 16.7. The van der Waals surface area contributed by atoms with Gasteiger partial charge in [0.1, 0.15) is 0 Å². The van der Waals surface area contributed by atoms with Crippen LogP contribution in [0.2, 0.25) is 0 Å². The summed E-state index contributed by atoms with van der Waals surface area (Å²) in [6.07, 6.45) is 6.05. The average molecular weight is 380 g/mol. The topological polar surface area (TPSA) is 47.5 Å². The van der Waals surface area contributed by atoms with Crippen LogP contribution in [0.3, 0.4) is 0 Å². The van der Waals surface area contributed by atoms with Crippen molar-refractivity contribution < 1.29 is 5.11 Å². The summed E-state index contributed by atoms with van der Waals surface area (Å²) >= 11 is 0. The van der Waals surface area contributed by atoms with Crippen LogP contribution in [0.15, 0.2) is 48.5 Å². The Labute approximate surface area is 169 Å². The molecule has 0 spiro atoms. The second-order valence-electron chi connectivity index (χ2n) is 8.35. The molecule has 0 radical (unpaired) electrons. The SMILES string of the molecule is OC(CNc1cccc(CNC2CCCC2)c1)CN1CCc2ccccc2C1. The number of aliphatic hydroxyl groups excluding tert-OH is 1. The number of anilines is 1. The molecule has 150 valence electrons. The van der Waals surface area contributed by atoms with E-state index in [9.17, 15) is 5.11 Å². The van der Waals surface area contributed by atoms with Crippen LogP contribution in [0.4, 0.5) is 5.69 Å². The lowest BCUT2D eigenvalue weighted by molar-refractivity contribution is 0.114. The highest BCUT2D eigenvalue weighted by atomic mass is 16.3. The Morgan fingerprint density at radius 2 is 1.86 bits per heavy atom. The number of aliphatic hydroxyl groups is 1. The van der Waals surface area contributed by atoms with Gasteiger partial charge >= 0.3 is 0 Å². The summed E-state index contributed by atoms with van der Waals surface area (Å²) in [5.41, 5.74) is 5.25. The van der Waals surface area contributed by atoms with E-state index in [1.807, 2.05) is 0 Å². The van der Waals surface area contributed by atoms with Crippen LogP contribution in [-0.4, -0.2) is 41.8 Å². The molecule has 1 aliphatic carbocycles. The average Bonchev–Trinajstić information content (AvgIpc) is 3.25. The number of nitrogens with zero attached hydrogens (tertiary/aromatic N) is 1. The second-order valence-corrected chi connectivity index (χ2v) is 8.35. The van der Waals surface area contributed by atoms with Crippen molar-refractivity contribution in [2.45, 2.75) is 57.3 Å². The maximum atomic E-state index is 10.5. The van der Waals surface area contributed by atoms with E-state index in [0.29, 0.717) is 19.1 Å². The summed E-state index contributed by atoms with van der Waals surface area (Å²) in [6, 6.07) is 17.9. The van der Waals surface area contributed by atoms with Crippen LogP contribution < -0.4 is 10.6 Å². The fraction of sp³-hybridized carbons (Fsp3) is 0.500. The third kappa shape index (κ3) is 5.34. The van der Waals surface area contributed by atoms with E-state index < -0.39 is 0 Å². The summed E-state index contributed by atoms with van der Waals surface area (Å²) in [6.45, 7) is 4.18. The smallest absolute Gasteiger partial charge is 0.0839 e. The minimum absolute atomic E-state index is 0.370. The first-order valence-electron chi connectivity index (χ1n) is 10.8. The summed E-state index contributed by atoms with van der Waals surface area (Å²) in [5.74, 6) is 0. The molecule has 0 bridgehead atoms. The Morgan fingerprint density at radius 1 is 1.04 bits per heavy atom. The van der Waals surface area contributed by atoms with Crippen LogP contribution in [0.5, 0.6) is 0 Å². The van der Waals surface area contributed by atoms with Gasteiger partial charge in [-0.15, -0.1) is 0 Å². The molecule has 28 heavy (non-hydrogen) atoms. The minimum Gasteiger partial charge on any atom is -0.390 e. The van der Waals surface area contributed by atoms with Crippen molar-refractivity contribution >= 4 is 5.69 Å². The maximum absolute atomic E-state index is 10.5. The van der Waals surface area contributed by atoms with E-state index >= 15 is 0 Å². The summed E-state index contributed by atoms with van der Waals surface area (Å²) < 4.78 is 0. The number of benzene rings is 2. The van der Waals surface area contributed by atoms with Gasteiger partial charge in [-0.25, -0.2) is 0 Å². The van der Waals surface area contributed by atoms with Crippen molar-refractivity contribution in [3.63, 3.8) is 0 Å². The molecule has 0 saturated heterocycles. The molecule has 2 aromatic rings. The third-order valence-corrected chi connectivity index (χ3v) is 6.10. The zero-order valence-electron chi connectivity index (χ0n) is 16.7. The van der Waals surface area contributed by atoms with Gasteiger partial charge in [-0.1, -0.05) is 49.2 Å². The molecule has 1 saturated carbocycles. The number of fused-ring (bicyclic) bond motifs is 1. The minimum atomic E-state index is -0.370. The molecule has 0 amide bonds. The number of rotatable bonds is 8. The van der Waals surface area contributed by atoms with E-state index in [4.69, 9.17) is 0 Å². The van der Waals surface area contributed by atoms with E-state index in [0.717, 1.165) is 31.7 Å². The van der Waals surface area contributed by atoms with Gasteiger partial charge in [0.2, 0.25) is 0 Å². The van der Waals surface area contributed by atoms with Crippen molar-refractivity contribution in [1.29, 1.82) is 0 Å². The molecule has 4 nitrogen and oxygen atoms in total. The number of nitrogens with one attached hydrogen (secondary N) is 2. The van der Waals surface area contributed by atoms with Gasteiger partial charge in [-0.2, -0.15) is 0 Å². The lowest BCUT2D eigenvalue weighted by Crippen LogP contribution is -2.39. The molecular formula is C24H33N3O. The number of β-amino-alcohol motifs (C(OH)–C–C–N with tert-alkyl or cyclic N) is 1. The van der Waals surface area contributed by atoms with Crippen molar-refractivity contribution in [1.82, 2.24) is 10.2 Å². The van der Waals surface area contributed by atoms with Crippen molar-refractivity contribution in [3.05, 3.63) is 65.2 Å². The Hall–Kier alpha value is -1.88. The molecule has 0 aromatic heterocycles. The number of hydrogen-bond donors (Lipinski definition) is 3. The van der Waals surface area contributed by atoms with Gasteiger partial charge in [-0.3, -0.25) is 4.90 Å². The second kappa shape index (κ2) is 9.55. The lowest BCUT2D eigenvalue weighted by Gasteiger charge is -2.30. The van der Waals surface area contributed by atoms with Crippen LogP contribution >= 0.6 is 0 Å². The van der Waals surface area contributed by atoms with Gasteiger partial charge in [-0.05, 0) is 48.1 Å². The maximum Gasteiger partial charge on any atom is 0.0839 e. The first-order valence-corrected chi connectivity index (χ1v) is 10.8. The number of hydrogen-bond acceptors (Lipinski definition) is 4. The van der Waals surface area contributed by atoms with E-state index in [-0.39, 0.29) is 6.10 Å². The largest absolute Gasteiger partial charge is 0.390 e. The highest BCUT2D eigenvalue weighted by Crippen LogP contribution is 2.20. The van der Waals surface area contributed by atoms with E-state index in [2.05, 4.69) is 64.1 Å². The van der Waals surface area contributed by atoms with Crippen LogP contribution in [-0.2, 0) is 19.5 Å². The first-order chi connectivity index (χ1) is 13.8. The highest BCUT2D eigenvalue weighted by molar-refractivity contribution is 5.45. The molecule has 4 heteroatoms. The summed E-state index contributed by atoms with van der Waals surface area (Å²) in [5, 5.41) is 17.6. The Kier molecular flexibility index (Phi) is 6.63. The molecule has 1 fully saturated rings. The summed E-state index contributed by atoms with van der Waals surface area (Å²) in [7, 11) is 0. The van der Waals surface area contributed by atoms with Crippen molar-refractivity contribution in [2.75, 3.05) is 25.0 Å². The predicted molar refractivity (Wildman–Crippen MR) is 115 cm³/mol. The highest BCUT2D eigenvalue weighted by Gasteiger charge is 2.18. The monoisotopic (exact) mass is 379 g/mol. The first kappa shape index (κ1) is 19.4. The molecule has 3 N–H and O–H groups in total. The fourth-order valence-corrected chi connectivity index (χ4v) is 4.49. The zero-order chi connectivity index (χ0) is 19.2. The molecule has 1 atom stereocenters. The lowest BCUT2D eigenvalue weighted by atomic mass is 10.00. The Morgan fingerprint density at radius 3 is 2.71 bits per heavy atom. The third-order valence-electron chi connectivity index (χ3n) is 6.10. The quantitative estimate of drug-likeness (QED) is 0.656. The summed E-state index contributed by atoms with van der Waals surface area (Å²) in [4.78, 5) is 2.36. The molecular weight excluding hydrogens is 346 g/mol. The van der Waals surface area contributed by atoms with Crippen LogP contribution in [0, 0.1) is 0 Å². The Bertz CT molecular complexity index is 757. The van der Waals surface area contributed by atoms with Gasteiger partial charge in [0, 0.05) is 44.5 Å². The molecule has 4 rings (SSSR count). The molecule has 1 unspecified atom stereocenters. The molecule has 1 aliphatic heterocycles. The van der Waals surface area contributed by atoms with E-state index in [1.54, 1.807) is 0 Å². The van der Waals surface area contributed by atoms with Gasteiger partial charge in [0.15, 0.2) is 0 Å². The van der Waals surface area contributed by atoms with E-state index in [1.165, 1.54) is 42.4 Å². The molecule has 2 aromatic carbocycles. The van der Waals surface area contributed by atoms with Crippen LogP contribution in [0.1, 0.15) is 42.4 Å². The molecule has 2 aliphatic rings.